The Hall–Kier alpha value is -2.49. The van der Waals surface area contributed by atoms with Gasteiger partial charge in [0, 0.05) is 18.9 Å². The molecule has 4 heteroatoms. The average Bonchev–Trinajstić information content (AvgIpc) is 3.08. The number of fused-ring (bicyclic) bond motifs is 1. The molecule has 1 heterocycles. The summed E-state index contributed by atoms with van der Waals surface area (Å²) < 4.78 is 10.7. The summed E-state index contributed by atoms with van der Waals surface area (Å²) in [5.74, 6) is 1.93. The number of benzene rings is 2. The molecule has 1 aliphatic rings. The third kappa shape index (κ3) is 4.75. The van der Waals surface area contributed by atoms with E-state index in [9.17, 15) is 4.79 Å². The minimum absolute atomic E-state index is 0.0906. The van der Waals surface area contributed by atoms with Crippen molar-refractivity contribution in [2.24, 2.45) is 0 Å². The number of carbonyl (C=O) groups excluding carboxylic acids is 1. The van der Waals surface area contributed by atoms with Crippen LogP contribution in [0.1, 0.15) is 30.0 Å². The number of hydrogen-bond acceptors (Lipinski definition) is 3. The molecule has 1 atom stereocenters. The molecule has 0 aliphatic carbocycles. The van der Waals surface area contributed by atoms with Crippen molar-refractivity contribution >= 4 is 5.91 Å². The van der Waals surface area contributed by atoms with Gasteiger partial charge in [0.15, 0.2) is 0 Å². The van der Waals surface area contributed by atoms with E-state index < -0.39 is 0 Å². The van der Waals surface area contributed by atoms with E-state index in [0.717, 1.165) is 42.9 Å². The first kappa shape index (κ1) is 17.3. The minimum atomic E-state index is 0.0906. The van der Waals surface area contributed by atoms with Gasteiger partial charge in [-0.3, -0.25) is 4.79 Å². The summed E-state index contributed by atoms with van der Waals surface area (Å²) in [6.07, 6.45) is 3.04. The van der Waals surface area contributed by atoms with Crippen molar-refractivity contribution in [2.75, 3.05) is 13.7 Å². The quantitative estimate of drug-likeness (QED) is 0.842. The fourth-order valence-corrected chi connectivity index (χ4v) is 3.17. The van der Waals surface area contributed by atoms with Gasteiger partial charge in [0.1, 0.15) is 11.5 Å². The van der Waals surface area contributed by atoms with Gasteiger partial charge in [0.05, 0.1) is 13.7 Å². The fraction of sp³-hybridized carbons (Fsp3) is 0.381. The summed E-state index contributed by atoms with van der Waals surface area (Å²) in [5.41, 5.74) is 3.66. The molecule has 2 aromatic rings. The Morgan fingerprint density at radius 2 is 1.96 bits per heavy atom. The second-order valence-corrected chi connectivity index (χ2v) is 6.56. The number of carbonyl (C=O) groups is 1. The monoisotopic (exact) mass is 339 g/mol. The molecule has 0 radical (unpaired) electrons. The molecule has 4 nitrogen and oxygen atoms in total. The zero-order valence-corrected chi connectivity index (χ0v) is 14.9. The van der Waals surface area contributed by atoms with Crippen LogP contribution in [0.25, 0.3) is 0 Å². The first-order chi connectivity index (χ1) is 12.1. The maximum Gasteiger partial charge on any atom is 0.220 e. The second-order valence-electron chi connectivity index (χ2n) is 6.56. The van der Waals surface area contributed by atoms with Gasteiger partial charge in [0.25, 0.3) is 0 Å². The van der Waals surface area contributed by atoms with Gasteiger partial charge >= 0.3 is 0 Å². The fourth-order valence-electron chi connectivity index (χ4n) is 3.17. The lowest BCUT2D eigenvalue weighted by molar-refractivity contribution is -0.121. The molecule has 0 fully saturated rings. The number of aryl methyl sites for hydroxylation is 1. The molecule has 3 rings (SSSR count). The summed E-state index contributed by atoms with van der Waals surface area (Å²) >= 11 is 0. The standard InChI is InChI=1S/C21H25NO3/c1-15(13-17-5-9-20-18(14-17)11-12-25-20)22-21(23)10-6-16-3-7-19(24-2)8-4-16/h3-5,7-9,14-15H,6,10-13H2,1-2H3,(H,22,23)/t15-/m1/s1. The first-order valence-corrected chi connectivity index (χ1v) is 8.81. The van der Waals surface area contributed by atoms with E-state index >= 15 is 0 Å². The number of hydrogen-bond donors (Lipinski definition) is 1. The lowest BCUT2D eigenvalue weighted by atomic mass is 10.0. The van der Waals surface area contributed by atoms with Crippen LogP contribution in [-0.2, 0) is 24.1 Å². The normalized spacial score (nSPS) is 13.7. The number of nitrogens with one attached hydrogen (secondary N) is 1. The molecule has 132 valence electrons. The predicted octanol–water partition coefficient (Wildman–Crippen LogP) is 3.31. The third-order valence-electron chi connectivity index (χ3n) is 4.50. The number of rotatable bonds is 7. The van der Waals surface area contributed by atoms with Gasteiger partial charge in [-0.05, 0) is 54.7 Å². The summed E-state index contributed by atoms with van der Waals surface area (Å²) in [6.45, 7) is 2.82. The zero-order chi connectivity index (χ0) is 17.6. The van der Waals surface area contributed by atoms with Crippen molar-refractivity contribution in [3.05, 3.63) is 59.2 Å². The van der Waals surface area contributed by atoms with Crippen LogP contribution >= 0.6 is 0 Å². The Balaban J connectivity index is 1.45. The molecule has 0 aromatic heterocycles. The average molecular weight is 339 g/mol. The van der Waals surface area contributed by atoms with Crippen molar-refractivity contribution < 1.29 is 14.3 Å². The second kappa shape index (κ2) is 8.06. The Morgan fingerprint density at radius 3 is 2.72 bits per heavy atom. The van der Waals surface area contributed by atoms with Gasteiger partial charge in [-0.1, -0.05) is 24.3 Å². The molecule has 1 amide bonds. The summed E-state index contributed by atoms with van der Waals surface area (Å²) in [7, 11) is 1.65. The van der Waals surface area contributed by atoms with Gasteiger partial charge in [-0.2, -0.15) is 0 Å². The Kier molecular flexibility index (Phi) is 5.59. The van der Waals surface area contributed by atoms with Crippen LogP contribution in [0.2, 0.25) is 0 Å². The molecule has 25 heavy (non-hydrogen) atoms. The van der Waals surface area contributed by atoms with E-state index in [4.69, 9.17) is 9.47 Å². The molecular weight excluding hydrogens is 314 g/mol. The Labute approximate surface area is 149 Å². The molecular formula is C21H25NO3. The van der Waals surface area contributed by atoms with Crippen LogP contribution in [0.3, 0.4) is 0 Å². The maximum absolute atomic E-state index is 12.2. The third-order valence-corrected chi connectivity index (χ3v) is 4.50. The topological polar surface area (TPSA) is 47.6 Å². The number of methoxy groups -OCH3 is 1. The molecule has 0 bridgehead atoms. The van der Waals surface area contributed by atoms with Crippen LogP contribution in [0.4, 0.5) is 0 Å². The largest absolute Gasteiger partial charge is 0.497 e. The highest BCUT2D eigenvalue weighted by Gasteiger charge is 2.14. The van der Waals surface area contributed by atoms with Crippen LogP contribution < -0.4 is 14.8 Å². The molecule has 0 saturated heterocycles. The molecule has 1 aliphatic heterocycles. The van der Waals surface area contributed by atoms with E-state index in [0.29, 0.717) is 6.42 Å². The van der Waals surface area contributed by atoms with Crippen molar-refractivity contribution in [2.45, 2.75) is 38.6 Å². The van der Waals surface area contributed by atoms with Crippen molar-refractivity contribution in [3.63, 3.8) is 0 Å². The van der Waals surface area contributed by atoms with E-state index in [2.05, 4.69) is 24.4 Å². The Morgan fingerprint density at radius 1 is 1.20 bits per heavy atom. The zero-order valence-electron chi connectivity index (χ0n) is 14.9. The van der Waals surface area contributed by atoms with Gasteiger partial charge < -0.3 is 14.8 Å². The van der Waals surface area contributed by atoms with Crippen molar-refractivity contribution in [3.8, 4) is 11.5 Å². The van der Waals surface area contributed by atoms with Crippen molar-refractivity contribution in [1.82, 2.24) is 5.32 Å². The van der Waals surface area contributed by atoms with Crippen LogP contribution in [0, 0.1) is 0 Å². The molecule has 2 aromatic carbocycles. The molecule has 0 saturated carbocycles. The maximum atomic E-state index is 12.2. The predicted molar refractivity (Wildman–Crippen MR) is 98.3 cm³/mol. The van der Waals surface area contributed by atoms with Crippen molar-refractivity contribution in [1.29, 1.82) is 0 Å². The smallest absolute Gasteiger partial charge is 0.220 e. The van der Waals surface area contributed by atoms with Gasteiger partial charge in [-0.25, -0.2) is 0 Å². The van der Waals surface area contributed by atoms with Crippen LogP contribution in [0.5, 0.6) is 11.5 Å². The molecule has 0 unspecified atom stereocenters. The minimum Gasteiger partial charge on any atom is -0.497 e. The van der Waals surface area contributed by atoms with Crippen LogP contribution in [0.15, 0.2) is 42.5 Å². The molecule has 1 N–H and O–H groups in total. The lowest BCUT2D eigenvalue weighted by Gasteiger charge is -2.14. The summed E-state index contributed by atoms with van der Waals surface area (Å²) in [4.78, 5) is 12.2. The summed E-state index contributed by atoms with van der Waals surface area (Å²) in [5, 5.41) is 3.09. The highest BCUT2D eigenvalue weighted by molar-refractivity contribution is 5.76. The summed E-state index contributed by atoms with van der Waals surface area (Å²) in [6, 6.07) is 14.3. The highest BCUT2D eigenvalue weighted by atomic mass is 16.5. The molecule has 0 spiro atoms. The van der Waals surface area contributed by atoms with Gasteiger partial charge in [0.2, 0.25) is 5.91 Å². The lowest BCUT2D eigenvalue weighted by Crippen LogP contribution is -2.34. The van der Waals surface area contributed by atoms with Gasteiger partial charge in [-0.15, -0.1) is 0 Å². The van der Waals surface area contributed by atoms with E-state index in [-0.39, 0.29) is 11.9 Å². The van der Waals surface area contributed by atoms with E-state index in [1.807, 2.05) is 30.3 Å². The van der Waals surface area contributed by atoms with E-state index in [1.165, 1.54) is 11.1 Å². The highest BCUT2D eigenvalue weighted by Crippen LogP contribution is 2.26. The number of amides is 1. The van der Waals surface area contributed by atoms with E-state index in [1.54, 1.807) is 7.11 Å². The SMILES string of the molecule is COc1ccc(CCC(=O)N[C@H](C)Cc2ccc3c(c2)CCO3)cc1. The number of ether oxygens (including phenoxy) is 2. The first-order valence-electron chi connectivity index (χ1n) is 8.81. The Bertz CT molecular complexity index is 724. The van der Waals surface area contributed by atoms with Crippen LogP contribution in [-0.4, -0.2) is 25.7 Å².